The number of hydrogen-bond donors (Lipinski definition) is 1. The molecule has 19 heavy (non-hydrogen) atoms. The Morgan fingerprint density at radius 3 is 2.84 bits per heavy atom. The summed E-state index contributed by atoms with van der Waals surface area (Å²) in [5.41, 5.74) is 1.29. The van der Waals surface area contributed by atoms with E-state index in [-0.39, 0.29) is 5.91 Å². The van der Waals surface area contributed by atoms with E-state index in [1.807, 2.05) is 19.0 Å². The van der Waals surface area contributed by atoms with Crippen LogP contribution in [-0.4, -0.2) is 35.0 Å². The molecular weight excluding hydrogens is 242 g/mol. The lowest BCUT2D eigenvalue weighted by Gasteiger charge is -2.11. The summed E-state index contributed by atoms with van der Waals surface area (Å²) in [6.45, 7) is 0.358. The molecule has 2 rings (SSSR count). The summed E-state index contributed by atoms with van der Waals surface area (Å²) in [5.74, 6) is 0.450. The molecule has 1 amide bonds. The molecule has 1 N–H and O–H groups in total. The molecule has 0 spiro atoms. The van der Waals surface area contributed by atoms with E-state index in [9.17, 15) is 4.79 Å². The van der Waals surface area contributed by atoms with Gasteiger partial charge in [-0.2, -0.15) is 0 Å². The zero-order valence-corrected chi connectivity index (χ0v) is 10.9. The summed E-state index contributed by atoms with van der Waals surface area (Å²) < 4.78 is 0. The number of rotatable bonds is 4. The number of nitrogens with zero attached hydrogens (tertiary/aromatic N) is 4. The minimum absolute atomic E-state index is 0.168. The standard InChI is InChI=1S/C13H15N5O/c1-18(2)13-15-7-5-11(17-13)9-16-12(19)10-4-3-6-14-8-10/h3-8H,9H2,1-2H3,(H,16,19). The molecule has 6 nitrogen and oxygen atoms in total. The highest BCUT2D eigenvalue weighted by Crippen LogP contribution is 2.03. The maximum Gasteiger partial charge on any atom is 0.253 e. The molecule has 0 saturated heterocycles. The van der Waals surface area contributed by atoms with Crippen LogP contribution < -0.4 is 10.2 Å². The van der Waals surface area contributed by atoms with Gasteiger partial charge in [-0.3, -0.25) is 9.78 Å². The lowest BCUT2D eigenvalue weighted by Crippen LogP contribution is -2.24. The molecule has 2 aromatic heterocycles. The first kappa shape index (κ1) is 12.9. The van der Waals surface area contributed by atoms with Crippen LogP contribution in [0.15, 0.2) is 36.8 Å². The van der Waals surface area contributed by atoms with Gasteiger partial charge in [-0.25, -0.2) is 9.97 Å². The summed E-state index contributed by atoms with van der Waals surface area (Å²) in [7, 11) is 3.74. The molecule has 0 aliphatic carbocycles. The van der Waals surface area contributed by atoms with E-state index in [1.165, 1.54) is 6.20 Å². The second-order valence-electron chi connectivity index (χ2n) is 4.17. The molecule has 2 heterocycles. The summed E-state index contributed by atoms with van der Waals surface area (Å²) in [6.07, 6.45) is 4.83. The van der Waals surface area contributed by atoms with Crippen LogP contribution >= 0.6 is 0 Å². The van der Waals surface area contributed by atoms with Crippen LogP contribution in [0.5, 0.6) is 0 Å². The fourth-order valence-corrected chi connectivity index (χ4v) is 1.47. The molecule has 0 unspecified atom stereocenters. The lowest BCUT2D eigenvalue weighted by atomic mass is 10.2. The summed E-state index contributed by atoms with van der Waals surface area (Å²) >= 11 is 0. The first-order chi connectivity index (χ1) is 9.16. The normalized spacial score (nSPS) is 10.0. The Labute approximate surface area is 111 Å². The maximum absolute atomic E-state index is 11.8. The van der Waals surface area contributed by atoms with Gasteiger partial charge in [0.25, 0.3) is 5.91 Å². The number of hydrogen-bond acceptors (Lipinski definition) is 5. The molecule has 0 atom stereocenters. The van der Waals surface area contributed by atoms with Crippen LogP contribution in [0, 0.1) is 0 Å². The molecule has 0 bridgehead atoms. The number of pyridine rings is 1. The van der Waals surface area contributed by atoms with E-state index in [4.69, 9.17) is 0 Å². The van der Waals surface area contributed by atoms with Crippen molar-refractivity contribution in [2.45, 2.75) is 6.54 Å². The van der Waals surface area contributed by atoms with Gasteiger partial charge in [0.1, 0.15) is 0 Å². The van der Waals surface area contributed by atoms with Gasteiger partial charge in [-0.15, -0.1) is 0 Å². The van der Waals surface area contributed by atoms with E-state index in [0.717, 1.165) is 5.69 Å². The molecule has 6 heteroatoms. The fraction of sp³-hybridized carbons (Fsp3) is 0.231. The number of nitrogens with one attached hydrogen (secondary N) is 1. The highest BCUT2D eigenvalue weighted by atomic mass is 16.1. The molecule has 98 valence electrons. The van der Waals surface area contributed by atoms with Gasteiger partial charge < -0.3 is 10.2 Å². The molecular formula is C13H15N5O. The molecule has 0 fully saturated rings. The zero-order chi connectivity index (χ0) is 13.7. The average molecular weight is 257 g/mol. The lowest BCUT2D eigenvalue weighted by molar-refractivity contribution is 0.0950. The largest absolute Gasteiger partial charge is 0.347 e. The third kappa shape index (κ3) is 3.48. The summed E-state index contributed by atoms with van der Waals surface area (Å²) in [5, 5.41) is 2.79. The first-order valence-corrected chi connectivity index (χ1v) is 5.84. The number of amides is 1. The van der Waals surface area contributed by atoms with Crippen molar-refractivity contribution in [3.05, 3.63) is 48.0 Å². The maximum atomic E-state index is 11.8. The Bertz CT molecular complexity index is 556. The smallest absolute Gasteiger partial charge is 0.253 e. The fourth-order valence-electron chi connectivity index (χ4n) is 1.47. The van der Waals surface area contributed by atoms with E-state index < -0.39 is 0 Å². The number of carbonyl (C=O) groups excluding carboxylic acids is 1. The first-order valence-electron chi connectivity index (χ1n) is 5.84. The number of aromatic nitrogens is 3. The van der Waals surface area contributed by atoms with E-state index in [0.29, 0.717) is 18.1 Å². The monoisotopic (exact) mass is 257 g/mol. The Morgan fingerprint density at radius 1 is 1.32 bits per heavy atom. The number of carbonyl (C=O) groups is 1. The molecule has 0 aliphatic heterocycles. The minimum atomic E-state index is -0.168. The van der Waals surface area contributed by atoms with Crippen molar-refractivity contribution in [3.8, 4) is 0 Å². The second-order valence-corrected chi connectivity index (χ2v) is 4.17. The molecule has 2 aromatic rings. The Balaban J connectivity index is 1.99. The topological polar surface area (TPSA) is 71.0 Å². The van der Waals surface area contributed by atoms with Crippen molar-refractivity contribution >= 4 is 11.9 Å². The van der Waals surface area contributed by atoms with Crippen molar-refractivity contribution in [1.29, 1.82) is 0 Å². The van der Waals surface area contributed by atoms with Crippen molar-refractivity contribution in [2.24, 2.45) is 0 Å². The van der Waals surface area contributed by atoms with Crippen LogP contribution in [-0.2, 0) is 6.54 Å². The summed E-state index contributed by atoms with van der Waals surface area (Å²) in [6, 6.07) is 5.22. The van der Waals surface area contributed by atoms with Crippen LogP contribution in [0.2, 0.25) is 0 Å². The molecule has 0 aromatic carbocycles. The van der Waals surface area contributed by atoms with Crippen molar-refractivity contribution in [3.63, 3.8) is 0 Å². The molecule has 0 saturated carbocycles. The third-order valence-electron chi connectivity index (χ3n) is 2.45. The van der Waals surface area contributed by atoms with E-state index in [2.05, 4.69) is 20.3 Å². The number of anilines is 1. The molecule has 0 aliphatic rings. The van der Waals surface area contributed by atoms with Gasteiger partial charge in [0.05, 0.1) is 17.8 Å². The van der Waals surface area contributed by atoms with Gasteiger partial charge in [0, 0.05) is 32.7 Å². The third-order valence-corrected chi connectivity index (χ3v) is 2.45. The van der Waals surface area contributed by atoms with Crippen LogP contribution in [0.4, 0.5) is 5.95 Å². The summed E-state index contributed by atoms with van der Waals surface area (Å²) in [4.78, 5) is 26.0. The van der Waals surface area contributed by atoms with Crippen molar-refractivity contribution in [1.82, 2.24) is 20.3 Å². The Morgan fingerprint density at radius 2 is 2.16 bits per heavy atom. The van der Waals surface area contributed by atoms with E-state index in [1.54, 1.807) is 30.6 Å². The minimum Gasteiger partial charge on any atom is -0.347 e. The Kier molecular flexibility index (Phi) is 4.02. The predicted octanol–water partition coefficient (Wildman–Crippen LogP) is 0.868. The SMILES string of the molecule is CN(C)c1nccc(CNC(=O)c2cccnc2)n1. The second kappa shape index (κ2) is 5.90. The molecule has 0 radical (unpaired) electrons. The quantitative estimate of drug-likeness (QED) is 0.880. The predicted molar refractivity (Wildman–Crippen MR) is 71.8 cm³/mol. The highest BCUT2D eigenvalue weighted by molar-refractivity contribution is 5.93. The Hall–Kier alpha value is -2.50. The average Bonchev–Trinajstić information content (AvgIpc) is 2.46. The van der Waals surface area contributed by atoms with E-state index >= 15 is 0 Å². The van der Waals surface area contributed by atoms with Crippen molar-refractivity contribution < 1.29 is 4.79 Å². The van der Waals surface area contributed by atoms with Gasteiger partial charge in [0.15, 0.2) is 0 Å². The van der Waals surface area contributed by atoms with Crippen LogP contribution in [0.1, 0.15) is 16.1 Å². The van der Waals surface area contributed by atoms with Crippen LogP contribution in [0.25, 0.3) is 0 Å². The van der Waals surface area contributed by atoms with Crippen LogP contribution in [0.3, 0.4) is 0 Å². The van der Waals surface area contributed by atoms with Gasteiger partial charge in [0.2, 0.25) is 5.95 Å². The zero-order valence-electron chi connectivity index (χ0n) is 10.9. The highest BCUT2D eigenvalue weighted by Gasteiger charge is 2.06. The van der Waals surface area contributed by atoms with Crippen molar-refractivity contribution in [2.75, 3.05) is 19.0 Å². The van der Waals surface area contributed by atoms with Gasteiger partial charge in [-0.05, 0) is 18.2 Å². The van der Waals surface area contributed by atoms with Gasteiger partial charge >= 0.3 is 0 Å². The van der Waals surface area contributed by atoms with Gasteiger partial charge in [-0.1, -0.05) is 0 Å².